The Balaban J connectivity index is 0.00000210. The van der Waals surface area contributed by atoms with Gasteiger partial charge in [-0.1, -0.05) is 128 Å². The third-order valence-corrected chi connectivity index (χ3v) is 7.53. The summed E-state index contributed by atoms with van der Waals surface area (Å²) in [5, 5.41) is 0. The van der Waals surface area contributed by atoms with Crippen molar-refractivity contribution in [3.05, 3.63) is 101 Å². The van der Waals surface area contributed by atoms with Gasteiger partial charge in [-0.3, -0.25) is 0 Å². The highest BCUT2D eigenvalue weighted by Gasteiger charge is 2.31. The van der Waals surface area contributed by atoms with Crippen LogP contribution in [0.1, 0.15) is 121 Å². The molecule has 0 spiro atoms. The van der Waals surface area contributed by atoms with Gasteiger partial charge in [-0.05, 0) is 48.8 Å². The average Bonchev–Trinajstić information content (AvgIpc) is 2.89. The summed E-state index contributed by atoms with van der Waals surface area (Å²) >= 11 is 0. The zero-order chi connectivity index (χ0) is 26.2. The van der Waals surface area contributed by atoms with E-state index in [-0.39, 0.29) is 17.4 Å². The summed E-state index contributed by atoms with van der Waals surface area (Å²) < 4.78 is 7.04. The fraction of sp³-hybridized carbons (Fsp3) is 0.471. The molecule has 0 aromatic heterocycles. The minimum absolute atomic E-state index is 0.245. The molecule has 3 aromatic carbocycles. The van der Waals surface area contributed by atoms with Gasteiger partial charge in [0.25, 0.3) is 0 Å². The summed E-state index contributed by atoms with van der Waals surface area (Å²) in [5.41, 5.74) is 6.35. The predicted octanol–water partition coefficient (Wildman–Crippen LogP) is 10.3. The lowest BCUT2D eigenvalue weighted by molar-refractivity contribution is 0.0477. The molecule has 3 rings (SSSR count). The van der Waals surface area contributed by atoms with Crippen molar-refractivity contribution in [1.82, 2.24) is 0 Å². The van der Waals surface area contributed by atoms with E-state index in [2.05, 4.69) is 128 Å². The van der Waals surface area contributed by atoms with Crippen LogP contribution in [0.25, 0.3) is 0 Å². The lowest BCUT2D eigenvalue weighted by Crippen LogP contribution is -2.36. The molecule has 1 heteroatoms. The monoisotopic (exact) mass is 472 g/mol. The molecule has 0 heterocycles. The van der Waals surface area contributed by atoms with Crippen LogP contribution in [0.15, 0.2) is 72.8 Å². The van der Waals surface area contributed by atoms with E-state index in [1.54, 1.807) is 0 Å². The van der Waals surface area contributed by atoms with Crippen molar-refractivity contribution in [2.45, 2.75) is 99.0 Å². The molecule has 0 saturated carbocycles. The second-order valence-electron chi connectivity index (χ2n) is 10.5. The molecule has 1 nitrogen and oxygen atoms in total. The van der Waals surface area contributed by atoms with E-state index >= 15 is 0 Å². The summed E-state index contributed by atoms with van der Waals surface area (Å²) in [6, 6.07) is 26.4. The Morgan fingerprint density at radius 3 is 1.40 bits per heavy atom. The fourth-order valence-corrected chi connectivity index (χ4v) is 4.49. The van der Waals surface area contributed by atoms with E-state index in [0.29, 0.717) is 11.8 Å². The van der Waals surface area contributed by atoms with E-state index in [0.717, 1.165) is 12.2 Å². The molecule has 0 N–H and O–H groups in total. The Labute approximate surface area is 216 Å². The molecule has 0 bridgehead atoms. The summed E-state index contributed by atoms with van der Waals surface area (Å²) in [6.07, 6.45) is 1.09. The van der Waals surface area contributed by atoms with Crippen molar-refractivity contribution in [3.8, 4) is 5.75 Å². The van der Waals surface area contributed by atoms with Gasteiger partial charge in [-0.2, -0.15) is 0 Å². The molecule has 3 unspecified atom stereocenters. The molecular weight excluding hydrogens is 424 g/mol. The molecule has 0 aliphatic heterocycles. The number of hydrogen-bond acceptors (Lipinski definition) is 1. The molecule has 0 saturated heterocycles. The van der Waals surface area contributed by atoms with Crippen molar-refractivity contribution in [3.63, 3.8) is 0 Å². The van der Waals surface area contributed by atoms with Gasteiger partial charge in [0.15, 0.2) is 0 Å². The van der Waals surface area contributed by atoms with Crippen molar-refractivity contribution in [2.24, 2.45) is 5.92 Å². The Morgan fingerprint density at radius 1 is 0.657 bits per heavy atom. The summed E-state index contributed by atoms with van der Waals surface area (Å²) in [4.78, 5) is 0. The molecule has 0 aliphatic rings. The standard InChI is InChI=1S/C32H42O.C2H6/c1-9-23(4)32(7,8)33-31-29(24(5)26-16-12-10-13-17-26)20-28(22(2)3)21-30(31)25(6)27-18-14-11-15-19-27;1-2/h10-25H,9H2,1-8H3;1-2H3. The SMILES string of the molecule is CC.CCC(C)C(C)(C)Oc1c(C(C)c2ccccc2)cc(C(C)C)cc1C(C)c1ccccc1. The Kier molecular flexibility index (Phi) is 10.6. The highest BCUT2D eigenvalue weighted by molar-refractivity contribution is 5.53. The van der Waals surface area contributed by atoms with Gasteiger partial charge in [0, 0.05) is 23.0 Å². The molecule has 3 aromatic rings. The number of benzene rings is 3. The van der Waals surface area contributed by atoms with Gasteiger partial charge in [0.2, 0.25) is 0 Å². The average molecular weight is 473 g/mol. The lowest BCUT2D eigenvalue weighted by Gasteiger charge is -2.36. The maximum Gasteiger partial charge on any atom is 0.127 e. The smallest absolute Gasteiger partial charge is 0.127 e. The van der Waals surface area contributed by atoms with E-state index in [4.69, 9.17) is 4.74 Å². The first-order valence-corrected chi connectivity index (χ1v) is 13.6. The largest absolute Gasteiger partial charge is 0.487 e. The number of ether oxygens (including phenoxy) is 1. The van der Waals surface area contributed by atoms with Crippen LogP contribution in [0, 0.1) is 5.92 Å². The van der Waals surface area contributed by atoms with Crippen LogP contribution in [0.3, 0.4) is 0 Å². The van der Waals surface area contributed by atoms with Crippen LogP contribution in [-0.4, -0.2) is 5.60 Å². The predicted molar refractivity (Wildman–Crippen MR) is 154 cm³/mol. The molecule has 0 amide bonds. The van der Waals surface area contributed by atoms with Crippen LogP contribution in [0.4, 0.5) is 0 Å². The van der Waals surface area contributed by atoms with Gasteiger partial charge in [0.1, 0.15) is 11.4 Å². The van der Waals surface area contributed by atoms with Crippen LogP contribution < -0.4 is 4.74 Å². The van der Waals surface area contributed by atoms with Gasteiger partial charge in [-0.25, -0.2) is 0 Å². The Morgan fingerprint density at radius 2 is 1.06 bits per heavy atom. The second-order valence-corrected chi connectivity index (χ2v) is 10.5. The molecule has 190 valence electrons. The third kappa shape index (κ3) is 7.00. The van der Waals surface area contributed by atoms with Crippen LogP contribution in [0.5, 0.6) is 5.75 Å². The summed E-state index contributed by atoms with van der Waals surface area (Å²) in [6.45, 7) is 22.2. The lowest BCUT2D eigenvalue weighted by atomic mass is 9.82. The molecule has 3 atom stereocenters. The van der Waals surface area contributed by atoms with E-state index in [9.17, 15) is 0 Å². The minimum atomic E-state index is -0.260. The second kappa shape index (κ2) is 13.0. The van der Waals surface area contributed by atoms with E-state index in [1.165, 1.54) is 27.8 Å². The Hall–Kier alpha value is -2.54. The summed E-state index contributed by atoms with van der Waals surface area (Å²) in [5.74, 6) is 2.45. The van der Waals surface area contributed by atoms with Crippen molar-refractivity contribution in [1.29, 1.82) is 0 Å². The minimum Gasteiger partial charge on any atom is -0.487 e. The maximum absolute atomic E-state index is 7.04. The maximum atomic E-state index is 7.04. The first-order chi connectivity index (χ1) is 16.7. The zero-order valence-corrected chi connectivity index (χ0v) is 23.9. The first kappa shape index (κ1) is 28.7. The van der Waals surface area contributed by atoms with E-state index in [1.807, 2.05) is 13.8 Å². The quantitative estimate of drug-likeness (QED) is 0.301. The zero-order valence-electron chi connectivity index (χ0n) is 23.9. The van der Waals surface area contributed by atoms with Crippen molar-refractivity contribution in [2.75, 3.05) is 0 Å². The topological polar surface area (TPSA) is 9.23 Å². The van der Waals surface area contributed by atoms with Crippen LogP contribution in [-0.2, 0) is 0 Å². The highest BCUT2D eigenvalue weighted by atomic mass is 16.5. The van der Waals surface area contributed by atoms with Crippen molar-refractivity contribution < 1.29 is 4.74 Å². The van der Waals surface area contributed by atoms with Gasteiger partial charge < -0.3 is 4.74 Å². The Bertz CT molecular complexity index is 950. The van der Waals surface area contributed by atoms with Gasteiger partial charge >= 0.3 is 0 Å². The molecule has 0 aliphatic carbocycles. The fourth-order valence-electron chi connectivity index (χ4n) is 4.49. The molecule has 0 radical (unpaired) electrons. The molecular formula is C34H48O. The normalized spacial score (nSPS) is 14.0. The first-order valence-electron chi connectivity index (χ1n) is 13.6. The highest BCUT2D eigenvalue weighted by Crippen LogP contribution is 2.44. The van der Waals surface area contributed by atoms with Crippen LogP contribution in [0.2, 0.25) is 0 Å². The summed E-state index contributed by atoms with van der Waals surface area (Å²) in [7, 11) is 0. The molecule has 35 heavy (non-hydrogen) atoms. The van der Waals surface area contributed by atoms with Gasteiger partial charge in [0.05, 0.1) is 0 Å². The van der Waals surface area contributed by atoms with E-state index < -0.39 is 0 Å². The van der Waals surface area contributed by atoms with Gasteiger partial charge in [-0.15, -0.1) is 0 Å². The number of rotatable bonds is 9. The van der Waals surface area contributed by atoms with Crippen molar-refractivity contribution >= 4 is 0 Å². The third-order valence-electron chi connectivity index (χ3n) is 7.53. The number of hydrogen-bond donors (Lipinski definition) is 0. The van der Waals surface area contributed by atoms with Crippen LogP contribution >= 0.6 is 0 Å². The molecule has 0 fully saturated rings.